The molecule has 0 fully saturated rings. The summed E-state index contributed by atoms with van der Waals surface area (Å²) in [5.41, 5.74) is 9.18. The van der Waals surface area contributed by atoms with Crippen molar-refractivity contribution in [1.29, 1.82) is 0 Å². The molecule has 0 spiro atoms. The normalized spacial score (nSPS) is 12.5. The number of benzene rings is 2. The highest BCUT2D eigenvalue weighted by atomic mass is 35.5. The zero-order valence-corrected chi connectivity index (χ0v) is 12.0. The Kier molecular flexibility index (Phi) is 4.46. The molecular weight excluding hydrogens is 284 g/mol. The second kappa shape index (κ2) is 5.91. The second-order valence-corrected chi connectivity index (χ2v) is 5.40. The number of aryl methyl sites for hydroxylation is 1. The maximum atomic E-state index is 13.1. The molecule has 0 aromatic heterocycles. The van der Waals surface area contributed by atoms with Gasteiger partial charge in [0.05, 0.1) is 5.02 Å². The molecule has 0 aliphatic carbocycles. The lowest BCUT2D eigenvalue weighted by atomic mass is 9.96. The predicted octanol–water partition coefficient (Wildman–Crippen LogP) is 4.68. The summed E-state index contributed by atoms with van der Waals surface area (Å²) in [5, 5.41) is 0.816. The molecule has 0 heterocycles. The first kappa shape index (κ1) is 14.3. The van der Waals surface area contributed by atoms with Crippen molar-refractivity contribution < 1.29 is 4.39 Å². The van der Waals surface area contributed by atoms with E-state index < -0.39 is 5.82 Å². The van der Waals surface area contributed by atoms with Crippen LogP contribution in [0.5, 0.6) is 0 Å². The lowest BCUT2D eigenvalue weighted by Gasteiger charge is -2.15. The summed E-state index contributed by atoms with van der Waals surface area (Å²) < 4.78 is 13.1. The van der Waals surface area contributed by atoms with Crippen LogP contribution in [-0.4, -0.2) is 0 Å². The molecule has 19 heavy (non-hydrogen) atoms. The first-order valence-electron chi connectivity index (χ1n) is 5.93. The minimum absolute atomic E-state index is 0.123. The van der Waals surface area contributed by atoms with Crippen LogP contribution in [0, 0.1) is 12.7 Å². The molecule has 1 nitrogen and oxygen atoms in total. The van der Waals surface area contributed by atoms with Crippen LogP contribution in [0.3, 0.4) is 0 Å². The van der Waals surface area contributed by atoms with Gasteiger partial charge in [-0.3, -0.25) is 0 Å². The molecule has 1 unspecified atom stereocenters. The highest BCUT2D eigenvalue weighted by Gasteiger charge is 2.11. The highest BCUT2D eigenvalue weighted by molar-refractivity contribution is 6.31. The molecule has 4 heteroatoms. The van der Waals surface area contributed by atoms with E-state index >= 15 is 0 Å². The van der Waals surface area contributed by atoms with E-state index in [2.05, 4.69) is 0 Å². The average Bonchev–Trinajstić information content (AvgIpc) is 2.33. The molecule has 0 bridgehead atoms. The quantitative estimate of drug-likeness (QED) is 0.874. The van der Waals surface area contributed by atoms with E-state index in [0.717, 1.165) is 16.7 Å². The summed E-state index contributed by atoms with van der Waals surface area (Å²) in [7, 11) is 0. The second-order valence-electron chi connectivity index (χ2n) is 4.56. The molecule has 2 N–H and O–H groups in total. The van der Waals surface area contributed by atoms with E-state index in [9.17, 15) is 4.39 Å². The first-order chi connectivity index (χ1) is 8.97. The van der Waals surface area contributed by atoms with Gasteiger partial charge in [-0.15, -0.1) is 0 Å². The fraction of sp³-hybridized carbons (Fsp3) is 0.200. The fourth-order valence-electron chi connectivity index (χ4n) is 2.09. The van der Waals surface area contributed by atoms with E-state index in [0.29, 0.717) is 11.4 Å². The number of hydrogen-bond donors (Lipinski definition) is 1. The van der Waals surface area contributed by atoms with Gasteiger partial charge < -0.3 is 5.73 Å². The zero-order chi connectivity index (χ0) is 14.0. The predicted molar refractivity (Wildman–Crippen MR) is 78.2 cm³/mol. The van der Waals surface area contributed by atoms with Crippen molar-refractivity contribution in [3.63, 3.8) is 0 Å². The maximum absolute atomic E-state index is 13.1. The molecule has 0 saturated carbocycles. The van der Waals surface area contributed by atoms with Gasteiger partial charge in [-0.05, 0) is 54.3 Å². The Balaban J connectivity index is 2.20. The van der Waals surface area contributed by atoms with Crippen LogP contribution in [0.15, 0.2) is 36.4 Å². The summed E-state index contributed by atoms with van der Waals surface area (Å²) >= 11 is 11.7. The smallest absolute Gasteiger partial charge is 0.141 e. The Morgan fingerprint density at radius 2 is 1.89 bits per heavy atom. The molecule has 2 rings (SSSR count). The van der Waals surface area contributed by atoms with E-state index in [1.54, 1.807) is 12.1 Å². The van der Waals surface area contributed by atoms with Crippen LogP contribution in [0.4, 0.5) is 4.39 Å². The molecule has 0 saturated heterocycles. The molecule has 0 aliphatic rings. The molecule has 2 aromatic carbocycles. The van der Waals surface area contributed by atoms with Gasteiger partial charge in [0, 0.05) is 11.1 Å². The van der Waals surface area contributed by atoms with E-state index in [1.165, 1.54) is 6.07 Å². The van der Waals surface area contributed by atoms with Gasteiger partial charge in [-0.25, -0.2) is 4.39 Å². The number of hydrogen-bond acceptors (Lipinski definition) is 1. The van der Waals surface area contributed by atoms with Crippen molar-refractivity contribution in [2.24, 2.45) is 5.73 Å². The summed E-state index contributed by atoms with van der Waals surface area (Å²) in [6.07, 6.45) is 0.600. The van der Waals surface area contributed by atoms with Gasteiger partial charge in [0.25, 0.3) is 0 Å². The standard InChI is InChI=1S/C15H14Cl2FN/c1-9-6-11(16)3-4-12(9)15(19)8-10-2-5-14(18)13(17)7-10/h2-7,15H,8,19H2,1H3. The first-order valence-corrected chi connectivity index (χ1v) is 6.68. The largest absolute Gasteiger partial charge is 0.324 e. The van der Waals surface area contributed by atoms with Gasteiger partial charge in [-0.1, -0.05) is 35.3 Å². The van der Waals surface area contributed by atoms with Crippen molar-refractivity contribution in [2.75, 3.05) is 0 Å². The van der Waals surface area contributed by atoms with Crippen molar-refractivity contribution >= 4 is 23.2 Å². The minimum Gasteiger partial charge on any atom is -0.324 e. The topological polar surface area (TPSA) is 26.0 Å². The van der Waals surface area contributed by atoms with Crippen molar-refractivity contribution in [3.8, 4) is 0 Å². The lowest BCUT2D eigenvalue weighted by molar-refractivity contribution is 0.626. The Morgan fingerprint density at radius 1 is 1.16 bits per heavy atom. The van der Waals surface area contributed by atoms with Crippen LogP contribution < -0.4 is 5.73 Å². The third-order valence-corrected chi connectivity index (χ3v) is 3.60. The summed E-state index contributed by atoms with van der Waals surface area (Å²) in [5.74, 6) is -0.415. The molecule has 0 radical (unpaired) electrons. The molecule has 0 amide bonds. The van der Waals surface area contributed by atoms with Crippen LogP contribution in [0.2, 0.25) is 10.0 Å². The third-order valence-electron chi connectivity index (χ3n) is 3.07. The highest BCUT2D eigenvalue weighted by Crippen LogP contribution is 2.24. The Morgan fingerprint density at radius 3 is 2.53 bits per heavy atom. The molecule has 0 aliphatic heterocycles. The molecular formula is C15H14Cl2FN. The summed E-state index contributed by atoms with van der Waals surface area (Å²) in [6.45, 7) is 1.97. The molecule has 2 aromatic rings. The van der Waals surface area contributed by atoms with Gasteiger partial charge in [-0.2, -0.15) is 0 Å². The fourth-order valence-corrected chi connectivity index (χ4v) is 2.52. The van der Waals surface area contributed by atoms with Gasteiger partial charge in [0.2, 0.25) is 0 Å². The minimum atomic E-state index is -0.415. The van der Waals surface area contributed by atoms with E-state index in [-0.39, 0.29) is 11.1 Å². The Hall–Kier alpha value is -1.09. The van der Waals surface area contributed by atoms with Crippen LogP contribution in [-0.2, 0) is 6.42 Å². The number of halogens is 3. The van der Waals surface area contributed by atoms with Gasteiger partial charge in [0.15, 0.2) is 0 Å². The molecule has 100 valence electrons. The van der Waals surface area contributed by atoms with Gasteiger partial charge >= 0.3 is 0 Å². The van der Waals surface area contributed by atoms with Crippen LogP contribution in [0.1, 0.15) is 22.7 Å². The monoisotopic (exact) mass is 297 g/mol. The SMILES string of the molecule is Cc1cc(Cl)ccc1C(N)Cc1ccc(F)c(Cl)c1. The number of rotatable bonds is 3. The Labute approximate surface area is 122 Å². The van der Waals surface area contributed by atoms with Crippen molar-refractivity contribution in [3.05, 3.63) is 69.0 Å². The van der Waals surface area contributed by atoms with Crippen LogP contribution >= 0.6 is 23.2 Å². The summed E-state index contributed by atoms with van der Waals surface area (Å²) in [4.78, 5) is 0. The van der Waals surface area contributed by atoms with Gasteiger partial charge in [0.1, 0.15) is 5.82 Å². The Bertz CT molecular complexity index is 599. The maximum Gasteiger partial charge on any atom is 0.141 e. The van der Waals surface area contributed by atoms with Crippen molar-refractivity contribution in [2.45, 2.75) is 19.4 Å². The van der Waals surface area contributed by atoms with Crippen molar-refractivity contribution in [1.82, 2.24) is 0 Å². The summed E-state index contributed by atoms with van der Waals surface area (Å²) in [6, 6.07) is 10.1. The third kappa shape index (κ3) is 3.47. The number of nitrogens with two attached hydrogens (primary N) is 1. The average molecular weight is 298 g/mol. The van der Waals surface area contributed by atoms with E-state index in [1.807, 2.05) is 25.1 Å². The molecule has 1 atom stereocenters. The van der Waals surface area contributed by atoms with E-state index in [4.69, 9.17) is 28.9 Å². The zero-order valence-electron chi connectivity index (χ0n) is 10.5. The van der Waals surface area contributed by atoms with Crippen LogP contribution in [0.25, 0.3) is 0 Å². The lowest BCUT2D eigenvalue weighted by Crippen LogP contribution is -2.14.